The lowest BCUT2D eigenvalue weighted by Gasteiger charge is -1.98. The van der Waals surface area contributed by atoms with Crippen LogP contribution in [0.5, 0.6) is 0 Å². The molecule has 2 rings (SSSR count). The smallest absolute Gasteiger partial charge is 0.307 e. The van der Waals surface area contributed by atoms with Gasteiger partial charge in [0, 0.05) is 10.6 Å². The van der Waals surface area contributed by atoms with Crippen LogP contribution in [0.1, 0.15) is 16.1 Å². The molecule has 0 bridgehead atoms. The highest BCUT2D eigenvalue weighted by Crippen LogP contribution is 2.19. The number of hydrogen-bond acceptors (Lipinski definition) is 3. The van der Waals surface area contributed by atoms with Gasteiger partial charge in [0.1, 0.15) is 0 Å². The zero-order chi connectivity index (χ0) is 13.0. The number of hydrogen-bond donors (Lipinski definition) is 1. The Kier molecular flexibility index (Phi) is 4.02. The first-order valence-electron chi connectivity index (χ1n) is 4.99. The van der Waals surface area contributed by atoms with Crippen molar-refractivity contribution in [1.29, 1.82) is 0 Å². The molecule has 92 valence electrons. The summed E-state index contributed by atoms with van der Waals surface area (Å²) >= 11 is 11.7. The molecule has 1 aromatic carbocycles. The predicted molar refractivity (Wildman–Crippen MR) is 70.2 cm³/mol. The molecule has 6 heteroatoms. The van der Waals surface area contributed by atoms with Crippen LogP contribution in [0.4, 0.5) is 0 Å². The van der Waals surface area contributed by atoms with Crippen LogP contribution in [-0.4, -0.2) is 12.1 Å². The van der Waals surface area contributed by atoms with E-state index >= 15 is 0 Å². The molecule has 2 aromatic rings. The van der Waals surface area contributed by atoms with E-state index in [1.807, 2.05) is 0 Å². The van der Waals surface area contributed by atoms with E-state index in [-0.39, 0.29) is 5.76 Å². The molecular formula is C12H8Cl2N2O2. The van der Waals surface area contributed by atoms with Crippen LogP contribution in [0.2, 0.25) is 10.0 Å². The van der Waals surface area contributed by atoms with Gasteiger partial charge in [0.2, 0.25) is 0 Å². The molecule has 0 fully saturated rings. The average Bonchev–Trinajstić information content (AvgIpc) is 2.85. The topological polar surface area (TPSA) is 54.6 Å². The standard InChI is InChI=1S/C12H8Cl2N2O2/c13-9-4-3-8(10(14)6-9)7-15-16-12(17)11-2-1-5-18-11/h1-7H,(H,16,17)/b15-7-. The van der Waals surface area contributed by atoms with Crippen molar-refractivity contribution in [2.75, 3.05) is 0 Å². The van der Waals surface area contributed by atoms with Crippen LogP contribution in [-0.2, 0) is 0 Å². The highest BCUT2D eigenvalue weighted by atomic mass is 35.5. The summed E-state index contributed by atoms with van der Waals surface area (Å²) in [5, 5.41) is 4.77. The first kappa shape index (κ1) is 12.7. The minimum absolute atomic E-state index is 0.189. The van der Waals surface area contributed by atoms with Gasteiger partial charge in [-0.3, -0.25) is 4.79 Å². The molecule has 1 aromatic heterocycles. The molecule has 1 N–H and O–H groups in total. The summed E-state index contributed by atoms with van der Waals surface area (Å²) in [5.41, 5.74) is 2.97. The Labute approximate surface area is 113 Å². The number of nitrogens with zero attached hydrogens (tertiary/aromatic N) is 1. The second kappa shape index (κ2) is 5.71. The third-order valence-corrected chi connectivity index (χ3v) is 2.64. The van der Waals surface area contributed by atoms with Crippen LogP contribution in [0.15, 0.2) is 46.1 Å². The minimum Gasteiger partial charge on any atom is -0.459 e. The monoisotopic (exact) mass is 282 g/mol. The van der Waals surface area contributed by atoms with E-state index in [1.54, 1.807) is 30.3 Å². The van der Waals surface area contributed by atoms with Gasteiger partial charge in [-0.25, -0.2) is 5.43 Å². The van der Waals surface area contributed by atoms with E-state index in [2.05, 4.69) is 10.5 Å². The van der Waals surface area contributed by atoms with Crippen LogP contribution in [0, 0.1) is 0 Å². The second-order valence-corrected chi connectivity index (χ2v) is 4.19. The maximum Gasteiger partial charge on any atom is 0.307 e. The Morgan fingerprint density at radius 3 is 2.83 bits per heavy atom. The number of nitrogens with one attached hydrogen (secondary N) is 1. The highest BCUT2D eigenvalue weighted by Gasteiger charge is 2.06. The lowest BCUT2D eigenvalue weighted by molar-refractivity contribution is 0.0927. The van der Waals surface area contributed by atoms with Gasteiger partial charge in [0.25, 0.3) is 0 Å². The maximum absolute atomic E-state index is 11.5. The van der Waals surface area contributed by atoms with Crippen molar-refractivity contribution in [3.05, 3.63) is 58.0 Å². The summed E-state index contributed by atoms with van der Waals surface area (Å²) in [6.07, 6.45) is 2.84. The number of rotatable bonds is 3. The van der Waals surface area contributed by atoms with Crippen LogP contribution in [0.25, 0.3) is 0 Å². The summed E-state index contributed by atoms with van der Waals surface area (Å²) in [4.78, 5) is 11.5. The summed E-state index contributed by atoms with van der Waals surface area (Å²) in [6, 6.07) is 8.14. The second-order valence-electron chi connectivity index (χ2n) is 3.34. The minimum atomic E-state index is -0.429. The Balaban J connectivity index is 2.01. The molecule has 0 radical (unpaired) electrons. The lowest BCUT2D eigenvalue weighted by atomic mass is 10.2. The molecule has 0 saturated carbocycles. The zero-order valence-electron chi connectivity index (χ0n) is 9.06. The molecule has 0 spiro atoms. The van der Waals surface area contributed by atoms with E-state index in [1.165, 1.54) is 12.5 Å². The molecule has 0 unspecified atom stereocenters. The first-order chi connectivity index (χ1) is 8.66. The van der Waals surface area contributed by atoms with E-state index in [0.717, 1.165) is 0 Å². The Morgan fingerprint density at radius 1 is 1.33 bits per heavy atom. The van der Waals surface area contributed by atoms with Crippen LogP contribution >= 0.6 is 23.2 Å². The number of benzene rings is 1. The fraction of sp³-hybridized carbons (Fsp3) is 0. The Hall–Kier alpha value is -1.78. The van der Waals surface area contributed by atoms with Crippen molar-refractivity contribution in [3.8, 4) is 0 Å². The zero-order valence-corrected chi connectivity index (χ0v) is 10.6. The molecule has 1 heterocycles. The molecular weight excluding hydrogens is 275 g/mol. The van der Waals surface area contributed by atoms with E-state index in [4.69, 9.17) is 27.6 Å². The van der Waals surface area contributed by atoms with Crippen molar-refractivity contribution >= 4 is 35.3 Å². The van der Waals surface area contributed by atoms with Crippen molar-refractivity contribution in [2.24, 2.45) is 5.10 Å². The number of halogens is 2. The van der Waals surface area contributed by atoms with Crippen molar-refractivity contribution in [1.82, 2.24) is 5.43 Å². The molecule has 1 amide bonds. The van der Waals surface area contributed by atoms with Crippen molar-refractivity contribution in [3.63, 3.8) is 0 Å². The van der Waals surface area contributed by atoms with E-state index < -0.39 is 5.91 Å². The first-order valence-corrected chi connectivity index (χ1v) is 5.74. The van der Waals surface area contributed by atoms with Crippen LogP contribution < -0.4 is 5.43 Å². The third-order valence-electron chi connectivity index (χ3n) is 2.08. The third kappa shape index (κ3) is 3.12. The predicted octanol–water partition coefficient (Wildman–Crippen LogP) is 3.35. The van der Waals surface area contributed by atoms with E-state index in [9.17, 15) is 4.79 Å². The molecule has 0 atom stereocenters. The molecule has 0 aliphatic heterocycles. The van der Waals surface area contributed by atoms with Gasteiger partial charge < -0.3 is 4.42 Å². The van der Waals surface area contributed by atoms with Gasteiger partial charge in [-0.2, -0.15) is 5.10 Å². The number of furan rings is 1. The molecule has 0 aliphatic rings. The SMILES string of the molecule is O=C(N/N=C\c1ccc(Cl)cc1Cl)c1ccco1. The van der Waals surface area contributed by atoms with Gasteiger partial charge in [0.15, 0.2) is 5.76 Å². The van der Waals surface area contributed by atoms with E-state index in [0.29, 0.717) is 15.6 Å². The molecule has 4 nitrogen and oxygen atoms in total. The highest BCUT2D eigenvalue weighted by molar-refractivity contribution is 6.36. The fourth-order valence-corrected chi connectivity index (χ4v) is 1.69. The average molecular weight is 283 g/mol. The van der Waals surface area contributed by atoms with Crippen molar-refractivity contribution in [2.45, 2.75) is 0 Å². The Morgan fingerprint density at radius 2 is 2.17 bits per heavy atom. The largest absolute Gasteiger partial charge is 0.459 e. The number of amides is 1. The summed E-state index contributed by atoms with van der Waals surface area (Å²) < 4.78 is 4.91. The van der Waals surface area contributed by atoms with Crippen LogP contribution in [0.3, 0.4) is 0 Å². The molecule has 18 heavy (non-hydrogen) atoms. The van der Waals surface area contributed by atoms with Gasteiger partial charge >= 0.3 is 5.91 Å². The van der Waals surface area contributed by atoms with Crippen molar-refractivity contribution < 1.29 is 9.21 Å². The number of carbonyl (C=O) groups is 1. The summed E-state index contributed by atoms with van der Waals surface area (Å²) in [6.45, 7) is 0. The lowest BCUT2D eigenvalue weighted by Crippen LogP contribution is -2.16. The number of hydrazone groups is 1. The quantitative estimate of drug-likeness (QED) is 0.693. The summed E-state index contributed by atoms with van der Waals surface area (Å²) in [7, 11) is 0. The number of carbonyl (C=O) groups excluding carboxylic acids is 1. The molecule has 0 aliphatic carbocycles. The summed E-state index contributed by atoms with van der Waals surface area (Å²) in [5.74, 6) is -0.240. The normalized spacial score (nSPS) is 10.8. The van der Waals surface area contributed by atoms with Gasteiger partial charge in [-0.05, 0) is 24.3 Å². The molecule has 0 saturated heterocycles. The van der Waals surface area contributed by atoms with Gasteiger partial charge in [-0.1, -0.05) is 29.3 Å². The maximum atomic E-state index is 11.5. The Bertz CT molecular complexity index is 580. The van der Waals surface area contributed by atoms with Gasteiger partial charge in [-0.15, -0.1) is 0 Å². The van der Waals surface area contributed by atoms with Gasteiger partial charge in [0.05, 0.1) is 17.5 Å². The fourth-order valence-electron chi connectivity index (χ4n) is 1.23.